The Bertz CT molecular complexity index is 325. The number of halogens is 2. The lowest BCUT2D eigenvalue weighted by Crippen LogP contribution is -2.51. The summed E-state index contributed by atoms with van der Waals surface area (Å²) in [6.45, 7) is 5.44. The zero-order valence-corrected chi connectivity index (χ0v) is 13.2. The van der Waals surface area contributed by atoms with Gasteiger partial charge in [0.2, 0.25) is 11.8 Å². The summed E-state index contributed by atoms with van der Waals surface area (Å²) in [4.78, 5) is 27.3. The van der Waals surface area contributed by atoms with Crippen LogP contribution in [0, 0.1) is 5.92 Å². The van der Waals surface area contributed by atoms with E-state index in [-0.39, 0.29) is 42.5 Å². The van der Waals surface area contributed by atoms with E-state index in [1.54, 1.807) is 4.90 Å². The molecule has 2 aliphatic rings. The van der Waals surface area contributed by atoms with Crippen LogP contribution in [-0.4, -0.2) is 67.4 Å². The lowest BCUT2D eigenvalue weighted by molar-refractivity contribution is -0.136. The Hall–Kier alpha value is -0.560. The quantitative estimate of drug-likeness (QED) is 0.730. The van der Waals surface area contributed by atoms with E-state index in [0.29, 0.717) is 13.1 Å². The molecule has 0 aromatic carbocycles. The van der Waals surface area contributed by atoms with Gasteiger partial charge < -0.3 is 16.0 Å². The number of amides is 2. The topological polar surface area (TPSA) is 78.7 Å². The first-order valence-corrected chi connectivity index (χ1v) is 6.67. The van der Waals surface area contributed by atoms with E-state index in [1.165, 1.54) is 0 Å². The molecule has 1 atom stereocenters. The van der Waals surface area contributed by atoms with Gasteiger partial charge in [0.1, 0.15) is 0 Å². The minimum Gasteiger partial charge on any atom is -0.369 e. The molecule has 3 N–H and O–H groups in total. The van der Waals surface area contributed by atoms with Crippen molar-refractivity contribution in [3.8, 4) is 0 Å². The predicted molar refractivity (Wildman–Crippen MR) is 82.3 cm³/mol. The highest BCUT2D eigenvalue weighted by Crippen LogP contribution is 2.16. The summed E-state index contributed by atoms with van der Waals surface area (Å²) >= 11 is 0. The van der Waals surface area contributed by atoms with E-state index in [1.807, 2.05) is 0 Å². The van der Waals surface area contributed by atoms with Crippen molar-refractivity contribution in [3.63, 3.8) is 0 Å². The zero-order chi connectivity index (χ0) is 13.0. The molecule has 0 aromatic rings. The molecular formula is C12H24Cl2N4O2. The van der Waals surface area contributed by atoms with Gasteiger partial charge in [-0.3, -0.25) is 14.5 Å². The number of nitrogens with zero attached hydrogens (tertiary/aromatic N) is 2. The van der Waals surface area contributed by atoms with Crippen LogP contribution in [0.2, 0.25) is 0 Å². The Balaban J connectivity index is 0.00000180. The molecule has 2 rings (SSSR count). The average molecular weight is 327 g/mol. The number of piperidine rings is 1. The minimum absolute atomic E-state index is 0. The van der Waals surface area contributed by atoms with Crippen LogP contribution in [-0.2, 0) is 9.59 Å². The number of nitrogens with one attached hydrogen (secondary N) is 1. The summed E-state index contributed by atoms with van der Waals surface area (Å²) < 4.78 is 0. The Morgan fingerprint density at radius 3 is 2.40 bits per heavy atom. The molecule has 118 valence electrons. The van der Waals surface area contributed by atoms with Crippen LogP contribution in [0.3, 0.4) is 0 Å². The molecule has 0 aromatic heterocycles. The number of primary amides is 1. The summed E-state index contributed by atoms with van der Waals surface area (Å²) in [7, 11) is 0. The Morgan fingerprint density at radius 2 is 1.80 bits per heavy atom. The Kier molecular flexibility index (Phi) is 9.13. The van der Waals surface area contributed by atoms with Crippen LogP contribution in [0.1, 0.15) is 12.8 Å². The largest absolute Gasteiger partial charge is 0.369 e. The van der Waals surface area contributed by atoms with Crippen molar-refractivity contribution in [1.82, 2.24) is 15.1 Å². The highest BCUT2D eigenvalue weighted by Gasteiger charge is 2.27. The van der Waals surface area contributed by atoms with Crippen LogP contribution < -0.4 is 11.1 Å². The van der Waals surface area contributed by atoms with Gasteiger partial charge in [-0.2, -0.15) is 0 Å². The van der Waals surface area contributed by atoms with Crippen LogP contribution in [0.4, 0.5) is 0 Å². The second kappa shape index (κ2) is 9.39. The molecule has 0 aliphatic carbocycles. The Morgan fingerprint density at radius 1 is 1.15 bits per heavy atom. The lowest BCUT2D eigenvalue weighted by Gasteiger charge is -2.34. The molecule has 8 heteroatoms. The van der Waals surface area contributed by atoms with Gasteiger partial charge in [-0.1, -0.05) is 0 Å². The first-order chi connectivity index (χ1) is 8.66. The Labute approximate surface area is 132 Å². The third-order valence-electron chi connectivity index (χ3n) is 3.74. The fraction of sp³-hybridized carbons (Fsp3) is 0.833. The monoisotopic (exact) mass is 326 g/mol. The molecule has 0 spiro atoms. The van der Waals surface area contributed by atoms with Gasteiger partial charge in [0, 0.05) is 39.3 Å². The third kappa shape index (κ3) is 5.44. The maximum atomic E-state index is 12.1. The highest BCUT2D eigenvalue weighted by atomic mass is 35.5. The molecule has 2 fully saturated rings. The zero-order valence-electron chi connectivity index (χ0n) is 11.5. The summed E-state index contributed by atoms with van der Waals surface area (Å²) in [5, 5.41) is 3.26. The second-order valence-electron chi connectivity index (χ2n) is 5.11. The number of carbonyl (C=O) groups is 2. The molecule has 0 saturated carbocycles. The number of nitrogens with two attached hydrogens (primary N) is 1. The maximum Gasteiger partial charge on any atom is 0.236 e. The fourth-order valence-corrected chi connectivity index (χ4v) is 2.60. The highest BCUT2D eigenvalue weighted by molar-refractivity contribution is 5.85. The van der Waals surface area contributed by atoms with Gasteiger partial charge in [0.25, 0.3) is 0 Å². The summed E-state index contributed by atoms with van der Waals surface area (Å²) in [5.41, 5.74) is 5.32. The molecule has 2 amide bonds. The normalized spacial score (nSPS) is 23.4. The molecule has 1 unspecified atom stereocenters. The smallest absolute Gasteiger partial charge is 0.236 e. The minimum atomic E-state index is -0.283. The van der Waals surface area contributed by atoms with E-state index >= 15 is 0 Å². The van der Waals surface area contributed by atoms with Crippen molar-refractivity contribution in [1.29, 1.82) is 0 Å². The molecular weight excluding hydrogens is 303 g/mol. The average Bonchev–Trinajstić information content (AvgIpc) is 2.40. The number of carbonyl (C=O) groups excluding carboxylic acids is 2. The van der Waals surface area contributed by atoms with Crippen molar-refractivity contribution in [2.45, 2.75) is 12.8 Å². The van der Waals surface area contributed by atoms with Gasteiger partial charge in [-0.15, -0.1) is 24.8 Å². The number of rotatable bonds is 3. The number of piperazine rings is 1. The van der Waals surface area contributed by atoms with Gasteiger partial charge in [-0.05, 0) is 12.8 Å². The van der Waals surface area contributed by atoms with Crippen molar-refractivity contribution in [3.05, 3.63) is 0 Å². The summed E-state index contributed by atoms with van der Waals surface area (Å²) in [5.74, 6) is -0.316. The fourth-order valence-electron chi connectivity index (χ4n) is 2.60. The molecule has 0 bridgehead atoms. The van der Waals surface area contributed by atoms with Crippen LogP contribution in [0.15, 0.2) is 0 Å². The van der Waals surface area contributed by atoms with E-state index in [4.69, 9.17) is 5.73 Å². The SMILES string of the molecule is Cl.Cl.NC(=O)C1CCCN(C(=O)CN2CCNCC2)C1. The molecule has 2 heterocycles. The summed E-state index contributed by atoms with van der Waals surface area (Å²) in [6, 6.07) is 0. The van der Waals surface area contributed by atoms with Crippen LogP contribution >= 0.6 is 24.8 Å². The van der Waals surface area contributed by atoms with E-state index < -0.39 is 0 Å². The maximum absolute atomic E-state index is 12.1. The lowest BCUT2D eigenvalue weighted by atomic mass is 9.97. The molecule has 6 nitrogen and oxygen atoms in total. The van der Waals surface area contributed by atoms with Crippen molar-refractivity contribution in [2.24, 2.45) is 11.7 Å². The van der Waals surface area contributed by atoms with Gasteiger partial charge in [0.15, 0.2) is 0 Å². The van der Waals surface area contributed by atoms with Gasteiger partial charge in [0.05, 0.1) is 12.5 Å². The first kappa shape index (κ1) is 19.4. The predicted octanol–water partition coefficient (Wildman–Crippen LogP) is -0.541. The first-order valence-electron chi connectivity index (χ1n) is 6.67. The molecule has 2 saturated heterocycles. The van der Waals surface area contributed by atoms with E-state index in [9.17, 15) is 9.59 Å². The second-order valence-corrected chi connectivity index (χ2v) is 5.11. The number of hydrogen-bond donors (Lipinski definition) is 2. The number of hydrogen-bond acceptors (Lipinski definition) is 4. The standard InChI is InChI=1S/C12H22N4O2.2ClH/c13-12(18)10-2-1-5-16(8-10)11(17)9-15-6-3-14-4-7-15;;/h10,14H,1-9H2,(H2,13,18);2*1H. The van der Waals surface area contributed by atoms with Crippen LogP contribution in [0.25, 0.3) is 0 Å². The molecule has 2 aliphatic heterocycles. The van der Waals surface area contributed by atoms with Crippen molar-refractivity contribution in [2.75, 3.05) is 45.8 Å². The van der Waals surface area contributed by atoms with Crippen LogP contribution in [0.5, 0.6) is 0 Å². The molecule has 20 heavy (non-hydrogen) atoms. The third-order valence-corrected chi connectivity index (χ3v) is 3.74. The van der Waals surface area contributed by atoms with Crippen molar-refractivity contribution < 1.29 is 9.59 Å². The van der Waals surface area contributed by atoms with Gasteiger partial charge >= 0.3 is 0 Å². The van der Waals surface area contributed by atoms with Crippen molar-refractivity contribution >= 4 is 36.6 Å². The number of likely N-dealkylation sites (tertiary alicyclic amines) is 1. The van der Waals surface area contributed by atoms with Gasteiger partial charge in [-0.25, -0.2) is 0 Å². The van der Waals surface area contributed by atoms with E-state index in [0.717, 1.165) is 45.6 Å². The molecule has 0 radical (unpaired) electrons. The van der Waals surface area contributed by atoms with E-state index in [2.05, 4.69) is 10.2 Å². The summed E-state index contributed by atoms with van der Waals surface area (Å²) in [6.07, 6.45) is 1.69.